The zero-order valence-corrected chi connectivity index (χ0v) is 9.01. The number of likely N-dealkylation sites (N-methyl/N-ethyl adjacent to an activating group) is 1. The van der Waals surface area contributed by atoms with E-state index in [0.29, 0.717) is 0 Å². The molecule has 7 heteroatoms. The summed E-state index contributed by atoms with van der Waals surface area (Å²) in [7, 11) is 1.52. The van der Waals surface area contributed by atoms with Crippen molar-refractivity contribution in [3.05, 3.63) is 28.1 Å². The van der Waals surface area contributed by atoms with Gasteiger partial charge in [-0.25, -0.2) is 0 Å². The van der Waals surface area contributed by atoms with Gasteiger partial charge in [-0.15, -0.1) is 0 Å². The number of hydrogen-bond donors (Lipinski definition) is 2. The predicted octanol–water partition coefficient (Wildman–Crippen LogP) is 0.376. The van der Waals surface area contributed by atoms with Crippen LogP contribution in [0.4, 0.5) is 5.69 Å². The van der Waals surface area contributed by atoms with Crippen molar-refractivity contribution in [1.82, 2.24) is 9.88 Å². The van der Waals surface area contributed by atoms with Gasteiger partial charge in [0.05, 0.1) is 23.8 Å². The zero-order valence-electron chi connectivity index (χ0n) is 9.01. The van der Waals surface area contributed by atoms with Crippen LogP contribution in [-0.2, 0) is 0 Å². The average molecular weight is 227 g/mol. The van der Waals surface area contributed by atoms with Gasteiger partial charge in [-0.2, -0.15) is 0 Å². The zero-order chi connectivity index (χ0) is 12.3. The monoisotopic (exact) mass is 227 g/mol. The molecule has 1 amide bonds. The molecule has 0 spiro atoms. The fourth-order valence-electron chi connectivity index (χ4n) is 1.12. The van der Waals surface area contributed by atoms with Gasteiger partial charge in [0, 0.05) is 13.1 Å². The molecule has 7 nitrogen and oxygen atoms in total. The van der Waals surface area contributed by atoms with Crippen LogP contribution >= 0.6 is 0 Å². The minimum absolute atomic E-state index is 0.134. The second-order valence-electron chi connectivity index (χ2n) is 3.48. The Balaban J connectivity index is 2.84. The number of aliphatic hydroxyl groups is 1. The van der Waals surface area contributed by atoms with Gasteiger partial charge in [-0.05, 0) is 6.92 Å². The van der Waals surface area contributed by atoms with Gasteiger partial charge in [0.1, 0.15) is 5.69 Å². The third-order valence-electron chi connectivity index (χ3n) is 2.35. The van der Waals surface area contributed by atoms with Crippen molar-refractivity contribution in [2.24, 2.45) is 0 Å². The highest BCUT2D eigenvalue weighted by Gasteiger charge is 2.20. The van der Waals surface area contributed by atoms with Crippen molar-refractivity contribution in [2.75, 3.05) is 13.7 Å². The number of aliphatic hydroxyl groups excluding tert-OH is 1. The predicted molar refractivity (Wildman–Crippen MR) is 56.1 cm³/mol. The third kappa shape index (κ3) is 2.37. The SMILES string of the molecule is CC(CO)N(C)C(=O)c1cc([N+](=O)[O-])c[nH]1. The molecule has 1 aromatic rings. The third-order valence-corrected chi connectivity index (χ3v) is 2.35. The summed E-state index contributed by atoms with van der Waals surface area (Å²) in [6, 6.07) is 0.831. The second kappa shape index (κ2) is 4.75. The van der Waals surface area contributed by atoms with Crippen molar-refractivity contribution in [3.8, 4) is 0 Å². The molecule has 0 radical (unpaired) electrons. The number of rotatable bonds is 4. The molecule has 0 aromatic carbocycles. The van der Waals surface area contributed by atoms with Crippen LogP contribution in [0.1, 0.15) is 17.4 Å². The van der Waals surface area contributed by atoms with E-state index in [9.17, 15) is 14.9 Å². The lowest BCUT2D eigenvalue weighted by molar-refractivity contribution is -0.384. The van der Waals surface area contributed by atoms with Crippen LogP contribution in [0.5, 0.6) is 0 Å². The van der Waals surface area contributed by atoms with E-state index in [0.717, 1.165) is 6.20 Å². The van der Waals surface area contributed by atoms with Crippen LogP contribution in [0.2, 0.25) is 0 Å². The minimum Gasteiger partial charge on any atom is -0.394 e. The number of aromatic nitrogens is 1. The van der Waals surface area contributed by atoms with Crippen LogP contribution in [0.15, 0.2) is 12.3 Å². The Labute approximate surface area is 91.8 Å². The van der Waals surface area contributed by atoms with Gasteiger partial charge in [0.2, 0.25) is 0 Å². The Kier molecular flexibility index (Phi) is 3.62. The smallest absolute Gasteiger partial charge is 0.287 e. The number of aromatic amines is 1. The summed E-state index contributed by atoms with van der Waals surface area (Å²) in [4.78, 5) is 25.4. The molecule has 88 valence electrons. The van der Waals surface area contributed by atoms with Crippen molar-refractivity contribution in [2.45, 2.75) is 13.0 Å². The highest BCUT2D eigenvalue weighted by atomic mass is 16.6. The van der Waals surface area contributed by atoms with Crippen molar-refractivity contribution in [3.63, 3.8) is 0 Å². The number of nitrogens with zero attached hydrogens (tertiary/aromatic N) is 2. The van der Waals surface area contributed by atoms with Gasteiger partial charge >= 0.3 is 0 Å². The molecule has 16 heavy (non-hydrogen) atoms. The van der Waals surface area contributed by atoms with E-state index >= 15 is 0 Å². The first-order valence-corrected chi connectivity index (χ1v) is 4.68. The van der Waals surface area contributed by atoms with E-state index < -0.39 is 10.8 Å². The molecule has 1 aromatic heterocycles. The first kappa shape index (κ1) is 12.2. The van der Waals surface area contributed by atoms with E-state index in [1.807, 2.05) is 0 Å². The molecule has 0 aliphatic heterocycles. The first-order valence-electron chi connectivity index (χ1n) is 4.68. The van der Waals surface area contributed by atoms with Crippen molar-refractivity contribution in [1.29, 1.82) is 0 Å². The molecule has 0 bridgehead atoms. The van der Waals surface area contributed by atoms with Crippen LogP contribution in [-0.4, -0.2) is 45.5 Å². The lowest BCUT2D eigenvalue weighted by Crippen LogP contribution is -2.37. The number of H-pyrrole nitrogens is 1. The highest BCUT2D eigenvalue weighted by molar-refractivity contribution is 5.93. The van der Waals surface area contributed by atoms with Crippen LogP contribution in [0.3, 0.4) is 0 Å². The molecule has 1 unspecified atom stereocenters. The Morgan fingerprint density at radius 2 is 2.38 bits per heavy atom. The number of nitro groups is 1. The Hall–Kier alpha value is -1.89. The fourth-order valence-corrected chi connectivity index (χ4v) is 1.12. The van der Waals surface area contributed by atoms with Gasteiger partial charge in [0.15, 0.2) is 0 Å². The fraction of sp³-hybridized carbons (Fsp3) is 0.444. The topological polar surface area (TPSA) is 99.5 Å². The van der Waals surface area contributed by atoms with Crippen molar-refractivity contribution >= 4 is 11.6 Å². The lowest BCUT2D eigenvalue weighted by Gasteiger charge is -2.22. The standard InChI is InChI=1S/C9H13N3O4/c1-6(5-13)11(2)9(14)8-3-7(4-10-8)12(15)16/h3-4,6,10,13H,5H2,1-2H3. The van der Waals surface area contributed by atoms with Crippen LogP contribution in [0, 0.1) is 10.1 Å². The maximum atomic E-state index is 11.7. The molecule has 1 heterocycles. The summed E-state index contributed by atoms with van der Waals surface area (Å²) < 4.78 is 0. The number of carbonyl (C=O) groups excluding carboxylic acids is 1. The molecule has 0 fully saturated rings. The first-order chi connectivity index (χ1) is 7.47. The van der Waals surface area contributed by atoms with E-state index in [1.54, 1.807) is 6.92 Å². The van der Waals surface area contributed by atoms with Gasteiger partial charge in [-0.1, -0.05) is 0 Å². The van der Waals surface area contributed by atoms with Crippen LogP contribution in [0.25, 0.3) is 0 Å². The summed E-state index contributed by atoms with van der Waals surface area (Å²) >= 11 is 0. The quantitative estimate of drug-likeness (QED) is 0.573. The number of carbonyl (C=O) groups is 1. The molecular formula is C9H13N3O4. The molecule has 0 aliphatic rings. The second-order valence-corrected chi connectivity index (χ2v) is 3.48. The van der Waals surface area contributed by atoms with E-state index in [-0.39, 0.29) is 24.0 Å². The Morgan fingerprint density at radius 3 is 2.81 bits per heavy atom. The summed E-state index contributed by atoms with van der Waals surface area (Å²) in [5.74, 6) is -0.394. The summed E-state index contributed by atoms with van der Waals surface area (Å²) in [6.45, 7) is 1.51. The summed E-state index contributed by atoms with van der Waals surface area (Å²) in [6.07, 6.45) is 1.16. The maximum absolute atomic E-state index is 11.7. The summed E-state index contributed by atoms with van der Waals surface area (Å²) in [5, 5.41) is 19.3. The molecular weight excluding hydrogens is 214 g/mol. The molecule has 0 saturated heterocycles. The Bertz CT molecular complexity index is 401. The minimum atomic E-state index is -0.581. The largest absolute Gasteiger partial charge is 0.394 e. The number of amides is 1. The lowest BCUT2D eigenvalue weighted by atomic mass is 10.3. The van der Waals surface area contributed by atoms with Gasteiger partial charge < -0.3 is 15.0 Å². The normalized spacial score (nSPS) is 12.2. The van der Waals surface area contributed by atoms with Gasteiger partial charge in [0.25, 0.3) is 11.6 Å². The van der Waals surface area contributed by atoms with Gasteiger partial charge in [-0.3, -0.25) is 14.9 Å². The maximum Gasteiger partial charge on any atom is 0.287 e. The number of hydrogen-bond acceptors (Lipinski definition) is 4. The van der Waals surface area contributed by atoms with Crippen molar-refractivity contribution < 1.29 is 14.8 Å². The molecule has 2 N–H and O–H groups in total. The molecule has 0 saturated carbocycles. The molecule has 1 atom stereocenters. The van der Waals surface area contributed by atoms with E-state index in [4.69, 9.17) is 5.11 Å². The number of nitrogens with one attached hydrogen (secondary N) is 1. The average Bonchev–Trinajstić information content (AvgIpc) is 2.75. The van der Waals surface area contributed by atoms with E-state index in [1.165, 1.54) is 18.0 Å². The Morgan fingerprint density at radius 1 is 1.75 bits per heavy atom. The summed E-state index contributed by atoms with van der Waals surface area (Å²) in [5.41, 5.74) is -0.0251. The molecule has 0 aliphatic carbocycles. The van der Waals surface area contributed by atoms with E-state index in [2.05, 4.69) is 4.98 Å². The molecule has 1 rings (SSSR count). The highest BCUT2D eigenvalue weighted by Crippen LogP contribution is 2.14. The van der Waals surface area contributed by atoms with Crippen LogP contribution < -0.4 is 0 Å².